The van der Waals surface area contributed by atoms with Gasteiger partial charge in [-0.15, -0.1) is 0 Å². The molecule has 0 aliphatic heterocycles. The van der Waals surface area contributed by atoms with Crippen molar-refractivity contribution < 1.29 is 43.1 Å². The van der Waals surface area contributed by atoms with Crippen LogP contribution in [-0.4, -0.2) is 12.6 Å². The average molecular weight is 262 g/mol. The summed E-state index contributed by atoms with van der Waals surface area (Å²) in [6.07, 6.45) is 3.83. The fourth-order valence-electron chi connectivity index (χ4n) is 0.752. The Morgan fingerprint density at radius 3 is 2.17 bits per heavy atom. The van der Waals surface area contributed by atoms with Crippen LogP contribution in [0.25, 0.3) is 0 Å². The summed E-state index contributed by atoms with van der Waals surface area (Å²) < 4.78 is 4.75. The van der Waals surface area contributed by atoms with Crippen LogP contribution in [0, 0.1) is 0 Å². The topological polar surface area (TPSA) is 26.3 Å². The van der Waals surface area contributed by atoms with Crippen molar-refractivity contribution in [2.75, 3.05) is 6.61 Å². The second-order valence-corrected chi connectivity index (χ2v) is 2.26. The van der Waals surface area contributed by atoms with Gasteiger partial charge in [-0.25, -0.2) is 0 Å². The summed E-state index contributed by atoms with van der Waals surface area (Å²) in [7, 11) is 0. The van der Waals surface area contributed by atoms with Crippen molar-refractivity contribution in [1.82, 2.24) is 0 Å². The number of carbonyl (C=O) groups is 1. The molecule has 0 spiro atoms. The number of ether oxygens (including phenoxy) is 1. The molecule has 0 unspecified atom stereocenters. The monoisotopic (exact) mass is 262 g/mol. The molecule has 0 aromatic rings. The molecule has 0 atom stereocenters. The normalized spacial score (nSPS) is 7.83. The predicted octanol–water partition coefficient (Wildman–Crippen LogP) is 2.12. The maximum absolute atomic E-state index is 10.7. The van der Waals surface area contributed by atoms with Gasteiger partial charge in [0.15, 0.2) is 0 Å². The fraction of sp³-hybridized carbons (Fsp3) is 0.875. The summed E-state index contributed by atoms with van der Waals surface area (Å²) in [6.45, 7) is 4.45. The summed E-state index contributed by atoms with van der Waals surface area (Å²) in [4.78, 5) is 10.7. The number of unbranched alkanes of at least 4 members (excludes halogenated alkanes) is 2. The zero-order chi connectivity index (χ0) is 7.82. The van der Waals surface area contributed by atoms with E-state index in [1.807, 2.05) is 6.92 Å². The molecule has 0 aliphatic rings. The van der Waals surface area contributed by atoms with Crippen molar-refractivity contribution in [2.45, 2.75) is 39.5 Å². The summed E-state index contributed by atoms with van der Waals surface area (Å²) >= 11 is 0. The van der Waals surface area contributed by atoms with E-state index in [0.717, 1.165) is 19.3 Å². The van der Waals surface area contributed by atoms with Crippen molar-refractivity contribution in [3.05, 3.63) is 0 Å². The minimum atomic E-state index is -0.0593. The SMILES string of the molecule is CCCCCC(=O)OCC.[Co].[Co]. The van der Waals surface area contributed by atoms with Crippen LogP contribution in [0.5, 0.6) is 0 Å². The molecular weight excluding hydrogens is 246 g/mol. The predicted molar refractivity (Wildman–Crippen MR) is 40.8 cm³/mol. The van der Waals surface area contributed by atoms with Crippen LogP contribution in [0.2, 0.25) is 0 Å². The van der Waals surface area contributed by atoms with Gasteiger partial charge >= 0.3 is 5.97 Å². The van der Waals surface area contributed by atoms with Gasteiger partial charge in [0.05, 0.1) is 6.61 Å². The van der Waals surface area contributed by atoms with Crippen LogP contribution < -0.4 is 0 Å². The maximum atomic E-state index is 10.7. The second-order valence-electron chi connectivity index (χ2n) is 2.26. The quantitative estimate of drug-likeness (QED) is 0.560. The first-order valence-electron chi connectivity index (χ1n) is 3.96. The van der Waals surface area contributed by atoms with Gasteiger partial charge < -0.3 is 4.74 Å². The average Bonchev–Trinajstić information content (AvgIpc) is 1.89. The van der Waals surface area contributed by atoms with Crippen LogP contribution in [0.15, 0.2) is 0 Å². The number of rotatable bonds is 5. The van der Waals surface area contributed by atoms with Crippen molar-refractivity contribution in [3.63, 3.8) is 0 Å². The van der Waals surface area contributed by atoms with Crippen LogP contribution in [-0.2, 0) is 43.1 Å². The minimum absolute atomic E-state index is 0. The first kappa shape index (κ1) is 18.3. The van der Waals surface area contributed by atoms with E-state index in [0.29, 0.717) is 13.0 Å². The molecule has 0 saturated carbocycles. The summed E-state index contributed by atoms with van der Waals surface area (Å²) in [5, 5.41) is 0. The molecule has 2 nitrogen and oxygen atoms in total. The molecule has 12 heavy (non-hydrogen) atoms. The van der Waals surface area contributed by atoms with Crippen molar-refractivity contribution in [3.8, 4) is 0 Å². The summed E-state index contributed by atoms with van der Waals surface area (Å²) in [5.74, 6) is -0.0593. The van der Waals surface area contributed by atoms with Gasteiger partial charge in [0.25, 0.3) is 0 Å². The summed E-state index contributed by atoms with van der Waals surface area (Å²) in [5.41, 5.74) is 0. The van der Waals surface area contributed by atoms with Crippen LogP contribution in [0.4, 0.5) is 0 Å². The first-order chi connectivity index (χ1) is 4.81. The molecule has 2 radical (unpaired) electrons. The first-order valence-corrected chi connectivity index (χ1v) is 3.96. The van der Waals surface area contributed by atoms with Crippen molar-refractivity contribution in [2.24, 2.45) is 0 Å². The molecule has 4 heteroatoms. The summed E-state index contributed by atoms with van der Waals surface area (Å²) in [6, 6.07) is 0. The molecule has 0 heterocycles. The zero-order valence-electron chi connectivity index (χ0n) is 7.52. The van der Waals surface area contributed by atoms with Crippen molar-refractivity contribution in [1.29, 1.82) is 0 Å². The molecule has 0 N–H and O–H groups in total. The Hall–Kier alpha value is 0.483. The molecule has 0 aromatic carbocycles. The Balaban J connectivity index is -0.000000405. The van der Waals surface area contributed by atoms with Gasteiger partial charge in [0.2, 0.25) is 0 Å². The van der Waals surface area contributed by atoms with Crippen LogP contribution in [0.1, 0.15) is 39.5 Å². The molecule has 0 rings (SSSR count). The molecule has 0 bridgehead atoms. The van der Waals surface area contributed by atoms with Gasteiger partial charge in [-0.1, -0.05) is 19.8 Å². The van der Waals surface area contributed by atoms with Gasteiger partial charge in [-0.3, -0.25) is 4.79 Å². The molecule has 0 aromatic heterocycles. The van der Waals surface area contributed by atoms with Crippen LogP contribution >= 0.6 is 0 Å². The van der Waals surface area contributed by atoms with Crippen molar-refractivity contribution >= 4 is 5.97 Å². The third kappa shape index (κ3) is 13.1. The Morgan fingerprint density at radius 1 is 1.17 bits per heavy atom. The van der Waals surface area contributed by atoms with E-state index in [9.17, 15) is 4.79 Å². The molecule has 0 saturated heterocycles. The van der Waals surface area contributed by atoms with Gasteiger partial charge in [0, 0.05) is 40.0 Å². The third-order valence-electron chi connectivity index (χ3n) is 1.29. The molecule has 0 amide bonds. The largest absolute Gasteiger partial charge is 0.466 e. The minimum Gasteiger partial charge on any atom is -0.466 e. The van der Waals surface area contributed by atoms with E-state index in [1.54, 1.807) is 0 Å². The third-order valence-corrected chi connectivity index (χ3v) is 1.29. The number of hydrogen-bond acceptors (Lipinski definition) is 2. The van der Waals surface area contributed by atoms with E-state index < -0.39 is 0 Å². The standard InChI is InChI=1S/C8H16O2.2Co/c1-3-5-6-7-8(9)10-4-2;;/h3-7H2,1-2H3;;. The molecule has 0 fully saturated rings. The van der Waals surface area contributed by atoms with E-state index >= 15 is 0 Å². The number of hydrogen-bond donors (Lipinski definition) is 0. The Labute approximate surface area is 95.2 Å². The molecular formula is C8H16Co2O2. The van der Waals surface area contributed by atoms with Crippen LogP contribution in [0.3, 0.4) is 0 Å². The van der Waals surface area contributed by atoms with Gasteiger partial charge in [0.1, 0.15) is 0 Å². The Bertz CT molecular complexity index is 97.1. The fourth-order valence-corrected chi connectivity index (χ4v) is 0.752. The number of esters is 1. The number of carbonyl (C=O) groups excluding carboxylic acids is 1. The maximum Gasteiger partial charge on any atom is 0.305 e. The van der Waals surface area contributed by atoms with E-state index in [1.165, 1.54) is 0 Å². The molecule has 78 valence electrons. The van der Waals surface area contributed by atoms with E-state index in [4.69, 9.17) is 4.74 Å². The second kappa shape index (κ2) is 14.0. The zero-order valence-corrected chi connectivity index (χ0v) is 9.60. The Morgan fingerprint density at radius 2 is 1.75 bits per heavy atom. The van der Waals surface area contributed by atoms with E-state index in [2.05, 4.69) is 6.92 Å². The van der Waals surface area contributed by atoms with Gasteiger partial charge in [-0.2, -0.15) is 0 Å². The smallest absolute Gasteiger partial charge is 0.305 e. The van der Waals surface area contributed by atoms with Gasteiger partial charge in [-0.05, 0) is 13.3 Å². The van der Waals surface area contributed by atoms with E-state index in [-0.39, 0.29) is 39.5 Å². The molecule has 0 aliphatic carbocycles. The Kier molecular flexibility index (Phi) is 21.4.